The average molecular weight is 395 g/mol. The number of sulfonamides is 1. The number of anilines is 1. The molecule has 0 bridgehead atoms. The largest absolute Gasteiger partial charge is 0.311 e. The van der Waals surface area contributed by atoms with Crippen LogP contribution in [0.3, 0.4) is 0 Å². The van der Waals surface area contributed by atoms with Gasteiger partial charge in [-0.05, 0) is 37.6 Å². The zero-order valence-electron chi connectivity index (χ0n) is 15.7. The van der Waals surface area contributed by atoms with Gasteiger partial charge in [0.05, 0.1) is 4.90 Å². The third-order valence-corrected chi connectivity index (χ3v) is 7.18. The molecule has 1 unspecified atom stereocenters. The fourth-order valence-corrected chi connectivity index (χ4v) is 5.18. The van der Waals surface area contributed by atoms with Crippen molar-refractivity contribution in [2.45, 2.75) is 24.3 Å². The second-order valence-corrected chi connectivity index (χ2v) is 8.97. The minimum Gasteiger partial charge on any atom is -0.311 e. The van der Waals surface area contributed by atoms with Gasteiger partial charge in [-0.25, -0.2) is 8.42 Å². The van der Waals surface area contributed by atoms with E-state index in [9.17, 15) is 13.2 Å². The highest BCUT2D eigenvalue weighted by molar-refractivity contribution is 7.89. The molecule has 2 aromatic carbocycles. The number of fused-ring (bicyclic) bond motifs is 1. The predicted molar refractivity (Wildman–Crippen MR) is 109 cm³/mol. The van der Waals surface area contributed by atoms with E-state index >= 15 is 0 Å². The summed E-state index contributed by atoms with van der Waals surface area (Å²) in [4.78, 5) is 18.9. The summed E-state index contributed by atoms with van der Waals surface area (Å²) in [5.74, 6) is -0.197. The fourth-order valence-electron chi connectivity index (χ4n) is 3.62. The zero-order valence-corrected chi connectivity index (χ0v) is 16.6. The lowest BCUT2D eigenvalue weighted by molar-refractivity contribution is -0.120. The van der Waals surface area contributed by atoms with Crippen LogP contribution in [0.1, 0.15) is 12.0 Å². The summed E-state index contributed by atoms with van der Waals surface area (Å²) in [6.45, 7) is 2.48. The topological polar surface area (TPSA) is 70.6 Å². The molecule has 0 spiro atoms. The third kappa shape index (κ3) is 3.06. The quantitative estimate of drug-likeness (QED) is 0.681. The van der Waals surface area contributed by atoms with Gasteiger partial charge in [0.1, 0.15) is 6.04 Å². The molecule has 2 heterocycles. The summed E-state index contributed by atoms with van der Waals surface area (Å²) < 4.78 is 27.8. The summed E-state index contributed by atoms with van der Waals surface area (Å²) in [5, 5.41) is 1.35. The summed E-state index contributed by atoms with van der Waals surface area (Å²) in [6, 6.07) is 13.7. The van der Waals surface area contributed by atoms with Crippen LogP contribution in [0.4, 0.5) is 5.69 Å². The number of nitrogens with zero attached hydrogens (tertiary/aromatic N) is 3. The molecule has 3 aromatic rings. The van der Waals surface area contributed by atoms with E-state index in [1.54, 1.807) is 35.5 Å². The molecule has 1 fully saturated rings. The van der Waals surface area contributed by atoms with Crippen molar-refractivity contribution in [3.63, 3.8) is 0 Å². The summed E-state index contributed by atoms with van der Waals surface area (Å²) in [5.41, 5.74) is 1.90. The number of likely N-dealkylation sites (N-methyl/N-ethyl adjacent to an activating group) is 1. The molecule has 1 saturated heterocycles. The molecule has 0 aliphatic carbocycles. The molecule has 1 aliphatic rings. The van der Waals surface area contributed by atoms with Gasteiger partial charge in [0.15, 0.2) is 0 Å². The molecule has 7 heteroatoms. The Hall–Kier alpha value is -2.77. The van der Waals surface area contributed by atoms with Gasteiger partial charge in [-0.3, -0.25) is 9.78 Å². The maximum absolute atomic E-state index is 13.3. The zero-order chi connectivity index (χ0) is 19.9. The van der Waals surface area contributed by atoms with E-state index in [4.69, 9.17) is 0 Å². The highest BCUT2D eigenvalue weighted by Gasteiger charge is 2.40. The Morgan fingerprint density at radius 3 is 2.61 bits per heavy atom. The number of aromatic nitrogens is 1. The molecular formula is C21H21N3O3S. The van der Waals surface area contributed by atoms with E-state index in [0.29, 0.717) is 18.4 Å². The Morgan fingerprint density at radius 1 is 1.11 bits per heavy atom. The molecule has 1 aliphatic heterocycles. The lowest BCUT2D eigenvalue weighted by Gasteiger charge is -2.24. The number of carbonyl (C=O) groups excluding carboxylic acids is 1. The van der Waals surface area contributed by atoms with Crippen molar-refractivity contribution in [2.75, 3.05) is 18.5 Å². The first-order chi connectivity index (χ1) is 13.4. The Labute approximate surface area is 164 Å². The SMILES string of the molecule is Cc1ccc(N2CCC(N(C)S(=O)(=O)c3cccc4cnccc34)C2=O)cc1. The average Bonchev–Trinajstić information content (AvgIpc) is 3.08. The van der Waals surface area contributed by atoms with Crippen LogP contribution in [-0.4, -0.2) is 43.2 Å². The first-order valence-corrected chi connectivity index (χ1v) is 10.5. The maximum Gasteiger partial charge on any atom is 0.245 e. The number of benzene rings is 2. The number of hydrogen-bond acceptors (Lipinski definition) is 4. The smallest absolute Gasteiger partial charge is 0.245 e. The standard InChI is InChI=1S/C21H21N3O3S/c1-15-6-8-17(9-7-15)24-13-11-19(21(24)25)23(2)28(26,27)20-5-3-4-16-14-22-12-10-18(16)20/h3-10,12,14,19H,11,13H2,1-2H3. The van der Waals surface area contributed by atoms with Crippen molar-refractivity contribution < 1.29 is 13.2 Å². The molecule has 6 nitrogen and oxygen atoms in total. The highest BCUT2D eigenvalue weighted by Crippen LogP contribution is 2.30. The van der Waals surface area contributed by atoms with Crippen LogP contribution in [0.25, 0.3) is 10.8 Å². The second kappa shape index (κ2) is 7.00. The summed E-state index contributed by atoms with van der Waals surface area (Å²) in [6.07, 6.45) is 3.66. The summed E-state index contributed by atoms with van der Waals surface area (Å²) in [7, 11) is -2.35. The van der Waals surface area contributed by atoms with Gasteiger partial charge in [0.25, 0.3) is 0 Å². The van der Waals surface area contributed by atoms with Gasteiger partial charge in [-0.15, -0.1) is 0 Å². The van der Waals surface area contributed by atoms with Crippen molar-refractivity contribution in [1.29, 1.82) is 0 Å². The number of hydrogen-bond donors (Lipinski definition) is 0. The van der Waals surface area contributed by atoms with E-state index in [1.165, 1.54) is 11.4 Å². The van der Waals surface area contributed by atoms with E-state index in [-0.39, 0.29) is 10.8 Å². The second-order valence-electron chi connectivity index (χ2n) is 7.00. The van der Waals surface area contributed by atoms with Gasteiger partial charge in [0.2, 0.25) is 15.9 Å². The van der Waals surface area contributed by atoms with Crippen molar-refractivity contribution >= 4 is 32.4 Å². The van der Waals surface area contributed by atoms with Crippen molar-refractivity contribution in [3.8, 4) is 0 Å². The first-order valence-electron chi connectivity index (χ1n) is 9.08. The predicted octanol–water partition coefficient (Wildman–Crippen LogP) is 2.97. The van der Waals surface area contributed by atoms with Crippen molar-refractivity contribution in [1.82, 2.24) is 9.29 Å². The Kier molecular flexibility index (Phi) is 4.64. The molecule has 1 amide bonds. The number of carbonyl (C=O) groups is 1. The molecule has 4 rings (SSSR count). The molecule has 28 heavy (non-hydrogen) atoms. The van der Waals surface area contributed by atoms with E-state index in [2.05, 4.69) is 4.98 Å². The Balaban J connectivity index is 1.66. The van der Waals surface area contributed by atoms with E-state index in [1.807, 2.05) is 37.3 Å². The van der Waals surface area contributed by atoms with Gasteiger partial charge in [-0.2, -0.15) is 4.31 Å². The van der Waals surface area contributed by atoms with Crippen LogP contribution in [0.2, 0.25) is 0 Å². The number of rotatable bonds is 4. The number of aryl methyl sites for hydroxylation is 1. The summed E-state index contributed by atoms with van der Waals surface area (Å²) >= 11 is 0. The molecule has 0 N–H and O–H groups in total. The van der Waals surface area contributed by atoms with Crippen LogP contribution in [0, 0.1) is 6.92 Å². The highest BCUT2D eigenvalue weighted by atomic mass is 32.2. The molecule has 144 valence electrons. The Morgan fingerprint density at radius 2 is 1.86 bits per heavy atom. The van der Waals surface area contributed by atoms with Gasteiger partial charge in [-0.1, -0.05) is 29.8 Å². The molecule has 0 radical (unpaired) electrons. The molecule has 0 saturated carbocycles. The monoisotopic (exact) mass is 395 g/mol. The fraction of sp³-hybridized carbons (Fsp3) is 0.238. The number of pyridine rings is 1. The lowest BCUT2D eigenvalue weighted by Crippen LogP contribution is -2.42. The van der Waals surface area contributed by atoms with Crippen molar-refractivity contribution in [3.05, 3.63) is 66.5 Å². The van der Waals surface area contributed by atoms with Crippen LogP contribution in [-0.2, 0) is 14.8 Å². The number of amides is 1. The molecule has 1 aromatic heterocycles. The van der Waals surface area contributed by atoms with Crippen LogP contribution in [0.15, 0.2) is 65.8 Å². The van der Waals surface area contributed by atoms with Gasteiger partial charge < -0.3 is 4.90 Å². The van der Waals surface area contributed by atoms with Crippen molar-refractivity contribution in [2.24, 2.45) is 0 Å². The molecule has 1 atom stereocenters. The van der Waals surface area contributed by atoms with Crippen LogP contribution in [0.5, 0.6) is 0 Å². The van der Waals surface area contributed by atoms with E-state index in [0.717, 1.165) is 16.6 Å². The normalized spacial score (nSPS) is 17.6. The Bertz CT molecular complexity index is 1140. The van der Waals surface area contributed by atoms with Gasteiger partial charge >= 0.3 is 0 Å². The van der Waals surface area contributed by atoms with Crippen LogP contribution < -0.4 is 4.90 Å². The lowest BCUT2D eigenvalue weighted by atomic mass is 10.2. The van der Waals surface area contributed by atoms with Crippen LogP contribution >= 0.6 is 0 Å². The minimum atomic E-state index is -3.84. The maximum atomic E-state index is 13.3. The first kappa shape index (κ1) is 18.6. The third-order valence-electron chi connectivity index (χ3n) is 5.26. The van der Waals surface area contributed by atoms with Gasteiger partial charge in [0, 0.05) is 42.4 Å². The minimum absolute atomic E-state index is 0.191. The van der Waals surface area contributed by atoms with E-state index < -0.39 is 16.1 Å². The molecular weight excluding hydrogens is 374 g/mol.